The minimum absolute atomic E-state index is 0.00872. The first kappa shape index (κ1) is 19.8. The van der Waals surface area contributed by atoms with E-state index in [2.05, 4.69) is 5.32 Å². The lowest BCUT2D eigenvalue weighted by Crippen LogP contribution is -2.26. The van der Waals surface area contributed by atoms with Gasteiger partial charge in [0.2, 0.25) is 11.5 Å². The van der Waals surface area contributed by atoms with E-state index in [4.69, 9.17) is 9.40 Å². The Morgan fingerprint density at radius 2 is 1.90 bits per heavy atom. The van der Waals surface area contributed by atoms with Gasteiger partial charge in [-0.3, -0.25) is 14.2 Å². The molecule has 2 aromatic heterocycles. The molecule has 1 saturated carbocycles. The zero-order valence-electron chi connectivity index (χ0n) is 16.6. The highest BCUT2D eigenvalue weighted by Gasteiger charge is 2.25. The van der Waals surface area contributed by atoms with Crippen molar-refractivity contribution < 1.29 is 13.6 Å². The van der Waals surface area contributed by atoms with Crippen LogP contribution in [0.3, 0.4) is 0 Å². The molecule has 31 heavy (non-hydrogen) atoms. The van der Waals surface area contributed by atoms with Crippen LogP contribution in [0.1, 0.15) is 31.7 Å². The third-order valence-corrected chi connectivity index (χ3v) is 6.52. The van der Waals surface area contributed by atoms with Crippen molar-refractivity contribution in [3.63, 3.8) is 0 Å². The molecule has 0 radical (unpaired) electrons. The zero-order valence-corrected chi connectivity index (χ0v) is 17.5. The maximum absolute atomic E-state index is 13.8. The SMILES string of the molecule is O=C(CSc1nc2c(oc3ccccc32)c(=O)n1C1CCCC1)Nc1ccccc1F. The fraction of sp³-hybridized carbons (Fsp3) is 0.261. The third-order valence-electron chi connectivity index (χ3n) is 5.57. The fourth-order valence-corrected chi connectivity index (χ4v) is 4.96. The van der Waals surface area contributed by atoms with Crippen LogP contribution in [0.2, 0.25) is 0 Å². The second-order valence-corrected chi connectivity index (χ2v) is 8.54. The first-order valence-corrected chi connectivity index (χ1v) is 11.2. The smallest absolute Gasteiger partial charge is 0.298 e. The molecule has 6 nitrogen and oxygen atoms in total. The number of nitrogens with zero attached hydrogens (tertiary/aromatic N) is 2. The molecule has 2 aromatic carbocycles. The molecule has 0 atom stereocenters. The maximum Gasteiger partial charge on any atom is 0.298 e. The van der Waals surface area contributed by atoms with Gasteiger partial charge in [0.1, 0.15) is 16.9 Å². The summed E-state index contributed by atoms with van der Waals surface area (Å²) in [7, 11) is 0. The second kappa shape index (κ2) is 8.19. The summed E-state index contributed by atoms with van der Waals surface area (Å²) < 4.78 is 21.3. The van der Waals surface area contributed by atoms with Gasteiger partial charge in [-0.25, -0.2) is 9.37 Å². The summed E-state index contributed by atoms with van der Waals surface area (Å²) in [5, 5.41) is 3.83. The number of nitrogens with one attached hydrogen (secondary N) is 1. The summed E-state index contributed by atoms with van der Waals surface area (Å²) in [6, 6.07) is 13.5. The molecule has 1 N–H and O–H groups in total. The Balaban J connectivity index is 1.51. The average molecular weight is 437 g/mol. The largest absolute Gasteiger partial charge is 0.448 e. The number of thioether (sulfide) groups is 1. The standard InChI is InChI=1S/C23H20FN3O3S/c24-16-10-4-5-11-17(16)25-19(28)13-31-23-26-20-15-9-3-6-12-18(15)30-21(20)22(29)27(23)14-7-1-2-8-14/h3-6,9-12,14H,1-2,7-8,13H2,(H,25,28). The molecule has 5 rings (SSSR count). The van der Waals surface area contributed by atoms with Gasteiger partial charge in [-0.2, -0.15) is 0 Å². The Bertz CT molecular complexity index is 1340. The van der Waals surface area contributed by atoms with Crippen LogP contribution in [0.4, 0.5) is 10.1 Å². The molecule has 8 heteroatoms. The molecular weight excluding hydrogens is 417 g/mol. The van der Waals surface area contributed by atoms with Gasteiger partial charge in [-0.1, -0.05) is 48.9 Å². The molecule has 0 bridgehead atoms. The van der Waals surface area contributed by atoms with E-state index in [1.165, 1.54) is 23.9 Å². The zero-order chi connectivity index (χ0) is 21.4. The predicted octanol–water partition coefficient (Wildman–Crippen LogP) is 5.13. The van der Waals surface area contributed by atoms with Crippen LogP contribution in [0.25, 0.3) is 22.1 Å². The molecule has 0 saturated heterocycles. The quantitative estimate of drug-likeness (QED) is 0.346. The van der Waals surface area contributed by atoms with Crippen LogP contribution in [0, 0.1) is 5.82 Å². The van der Waals surface area contributed by atoms with E-state index >= 15 is 0 Å². The molecule has 158 valence electrons. The fourth-order valence-electron chi connectivity index (χ4n) is 4.10. The minimum atomic E-state index is -0.492. The second-order valence-electron chi connectivity index (χ2n) is 7.60. The van der Waals surface area contributed by atoms with Crippen molar-refractivity contribution in [2.24, 2.45) is 0 Å². The van der Waals surface area contributed by atoms with Crippen molar-refractivity contribution in [2.45, 2.75) is 36.9 Å². The summed E-state index contributed by atoms with van der Waals surface area (Å²) >= 11 is 1.18. The molecular formula is C23H20FN3O3S. The Morgan fingerprint density at radius 3 is 2.71 bits per heavy atom. The lowest BCUT2D eigenvalue weighted by molar-refractivity contribution is -0.113. The molecule has 2 heterocycles. The van der Waals surface area contributed by atoms with Crippen molar-refractivity contribution >= 4 is 45.4 Å². The summed E-state index contributed by atoms with van der Waals surface area (Å²) in [5.41, 5.74) is 1.27. The van der Waals surface area contributed by atoms with Gasteiger partial charge in [0.15, 0.2) is 5.16 Å². The Morgan fingerprint density at radius 1 is 1.16 bits per heavy atom. The lowest BCUT2D eigenvalue weighted by atomic mass is 10.2. The van der Waals surface area contributed by atoms with Gasteiger partial charge in [0, 0.05) is 11.4 Å². The summed E-state index contributed by atoms with van der Waals surface area (Å²) in [5.74, 6) is -0.845. The Labute approximate surface area is 181 Å². The average Bonchev–Trinajstić information content (AvgIpc) is 3.42. The number of furan rings is 1. The van der Waals surface area contributed by atoms with E-state index < -0.39 is 5.82 Å². The lowest BCUT2D eigenvalue weighted by Gasteiger charge is -2.17. The first-order valence-electron chi connectivity index (χ1n) is 10.2. The van der Waals surface area contributed by atoms with E-state index in [1.54, 1.807) is 16.7 Å². The molecule has 1 amide bonds. The van der Waals surface area contributed by atoms with E-state index in [0.29, 0.717) is 16.3 Å². The van der Waals surface area contributed by atoms with Crippen molar-refractivity contribution in [1.82, 2.24) is 9.55 Å². The van der Waals surface area contributed by atoms with Crippen LogP contribution >= 0.6 is 11.8 Å². The number of hydrogen-bond acceptors (Lipinski definition) is 5. The van der Waals surface area contributed by atoms with Crippen molar-refractivity contribution in [2.75, 3.05) is 11.1 Å². The molecule has 0 unspecified atom stereocenters. The molecule has 0 aliphatic heterocycles. The number of anilines is 1. The number of para-hydroxylation sites is 2. The van der Waals surface area contributed by atoms with Crippen LogP contribution in [0.15, 0.2) is 62.9 Å². The summed E-state index contributed by atoms with van der Waals surface area (Å²) in [4.78, 5) is 30.5. The van der Waals surface area contributed by atoms with E-state index in [1.807, 2.05) is 24.3 Å². The van der Waals surface area contributed by atoms with E-state index in [0.717, 1.165) is 31.1 Å². The van der Waals surface area contributed by atoms with Gasteiger partial charge >= 0.3 is 0 Å². The summed E-state index contributed by atoms with van der Waals surface area (Å²) in [6.07, 6.45) is 3.88. The highest BCUT2D eigenvalue weighted by molar-refractivity contribution is 7.99. The number of fused-ring (bicyclic) bond motifs is 3. The number of carbonyl (C=O) groups is 1. The number of hydrogen-bond donors (Lipinski definition) is 1. The number of benzene rings is 2. The summed E-state index contributed by atoms with van der Waals surface area (Å²) in [6.45, 7) is 0. The van der Waals surface area contributed by atoms with Crippen LogP contribution in [0.5, 0.6) is 0 Å². The number of amides is 1. The number of aromatic nitrogens is 2. The normalized spacial score (nSPS) is 14.5. The highest BCUT2D eigenvalue weighted by atomic mass is 32.2. The molecule has 4 aromatic rings. The monoisotopic (exact) mass is 437 g/mol. The van der Waals surface area contributed by atoms with E-state index in [9.17, 15) is 14.0 Å². The van der Waals surface area contributed by atoms with Gasteiger partial charge in [0.05, 0.1) is 11.4 Å². The topological polar surface area (TPSA) is 77.1 Å². The minimum Gasteiger partial charge on any atom is -0.448 e. The van der Waals surface area contributed by atoms with Crippen LogP contribution in [-0.4, -0.2) is 21.2 Å². The van der Waals surface area contributed by atoms with E-state index in [-0.39, 0.29) is 34.5 Å². The Hall–Kier alpha value is -3.13. The number of carbonyl (C=O) groups excluding carboxylic acids is 1. The van der Waals surface area contributed by atoms with Crippen molar-refractivity contribution in [1.29, 1.82) is 0 Å². The Kier molecular flexibility index (Phi) is 5.23. The van der Waals surface area contributed by atoms with Gasteiger partial charge in [-0.15, -0.1) is 0 Å². The van der Waals surface area contributed by atoms with Gasteiger partial charge in [-0.05, 0) is 37.1 Å². The molecule has 0 spiro atoms. The predicted molar refractivity (Wildman–Crippen MR) is 119 cm³/mol. The highest BCUT2D eigenvalue weighted by Crippen LogP contribution is 2.34. The van der Waals surface area contributed by atoms with Crippen molar-refractivity contribution in [3.8, 4) is 0 Å². The molecule has 1 aliphatic carbocycles. The first-order chi connectivity index (χ1) is 15.1. The maximum atomic E-state index is 13.8. The molecule has 1 fully saturated rings. The van der Waals surface area contributed by atoms with Gasteiger partial charge in [0.25, 0.3) is 5.56 Å². The number of halogens is 1. The third kappa shape index (κ3) is 3.72. The van der Waals surface area contributed by atoms with Crippen LogP contribution < -0.4 is 10.9 Å². The van der Waals surface area contributed by atoms with Gasteiger partial charge < -0.3 is 9.73 Å². The van der Waals surface area contributed by atoms with Crippen LogP contribution in [-0.2, 0) is 4.79 Å². The number of rotatable bonds is 5. The van der Waals surface area contributed by atoms with Crippen molar-refractivity contribution in [3.05, 3.63) is 64.7 Å². The molecule has 1 aliphatic rings.